The van der Waals surface area contributed by atoms with Gasteiger partial charge in [0.1, 0.15) is 5.75 Å². The maximum atomic E-state index is 6.48. The van der Waals surface area contributed by atoms with Crippen molar-refractivity contribution in [3.63, 3.8) is 0 Å². The first-order valence-corrected chi connectivity index (χ1v) is 6.15. The molecule has 0 bridgehead atoms. The van der Waals surface area contributed by atoms with Crippen LogP contribution in [-0.4, -0.2) is 20.3 Å². The summed E-state index contributed by atoms with van der Waals surface area (Å²) < 4.78 is 10.7. The lowest BCUT2D eigenvalue weighted by molar-refractivity contribution is 0.0243. The van der Waals surface area contributed by atoms with Crippen molar-refractivity contribution in [2.24, 2.45) is 11.7 Å². The Morgan fingerprint density at radius 1 is 1.35 bits per heavy atom. The molecule has 1 fully saturated rings. The molecule has 1 aromatic carbocycles. The summed E-state index contributed by atoms with van der Waals surface area (Å²) in [7, 11) is 1.67. The van der Waals surface area contributed by atoms with Gasteiger partial charge in [-0.2, -0.15) is 0 Å². The zero-order valence-corrected chi connectivity index (χ0v) is 10.6. The predicted molar refractivity (Wildman–Crippen MR) is 68.1 cm³/mol. The third-order valence-electron chi connectivity index (χ3n) is 3.72. The van der Waals surface area contributed by atoms with E-state index in [9.17, 15) is 0 Å². The molecule has 1 heterocycles. The Balaban J connectivity index is 2.17. The van der Waals surface area contributed by atoms with Crippen molar-refractivity contribution in [3.05, 3.63) is 29.8 Å². The van der Waals surface area contributed by atoms with Gasteiger partial charge in [-0.3, -0.25) is 0 Å². The Morgan fingerprint density at radius 2 is 2.06 bits per heavy atom. The van der Waals surface area contributed by atoms with Crippen LogP contribution < -0.4 is 10.5 Å². The fourth-order valence-electron chi connectivity index (χ4n) is 2.40. The minimum Gasteiger partial charge on any atom is -0.497 e. The van der Waals surface area contributed by atoms with Crippen LogP contribution in [0.4, 0.5) is 0 Å². The van der Waals surface area contributed by atoms with Crippen molar-refractivity contribution < 1.29 is 9.47 Å². The number of ether oxygens (including phenoxy) is 2. The Kier molecular flexibility index (Phi) is 3.69. The van der Waals surface area contributed by atoms with E-state index in [4.69, 9.17) is 15.2 Å². The van der Waals surface area contributed by atoms with E-state index < -0.39 is 0 Å². The maximum absolute atomic E-state index is 6.48. The molecule has 2 atom stereocenters. The first-order chi connectivity index (χ1) is 8.14. The van der Waals surface area contributed by atoms with Crippen LogP contribution in [0.2, 0.25) is 0 Å². The molecule has 1 aliphatic heterocycles. The first-order valence-electron chi connectivity index (χ1n) is 6.15. The predicted octanol–water partition coefficient (Wildman–Crippen LogP) is 2.30. The number of hydrogen-bond donors (Lipinski definition) is 1. The molecule has 0 spiro atoms. The van der Waals surface area contributed by atoms with Gasteiger partial charge in [-0.05, 0) is 37.5 Å². The van der Waals surface area contributed by atoms with Crippen LogP contribution in [0.3, 0.4) is 0 Å². The third-order valence-corrected chi connectivity index (χ3v) is 3.72. The van der Waals surface area contributed by atoms with E-state index in [1.165, 1.54) is 0 Å². The molecule has 0 aromatic heterocycles. The Labute approximate surface area is 103 Å². The molecular weight excluding hydrogens is 214 g/mol. The molecule has 0 saturated carbocycles. The van der Waals surface area contributed by atoms with Gasteiger partial charge in [0.05, 0.1) is 13.7 Å². The molecule has 2 unspecified atom stereocenters. The minimum absolute atomic E-state index is 0.327. The van der Waals surface area contributed by atoms with Gasteiger partial charge < -0.3 is 15.2 Å². The van der Waals surface area contributed by atoms with Crippen LogP contribution in [0.5, 0.6) is 5.75 Å². The lowest BCUT2D eigenvalue weighted by atomic mass is 9.78. The SMILES string of the molecule is COc1ccc(C(C)(N)C2CCCOC2)cc1. The van der Waals surface area contributed by atoms with E-state index in [1.807, 2.05) is 24.3 Å². The second-order valence-electron chi connectivity index (χ2n) is 4.93. The van der Waals surface area contributed by atoms with Crippen LogP contribution in [0.1, 0.15) is 25.3 Å². The highest BCUT2D eigenvalue weighted by atomic mass is 16.5. The highest BCUT2D eigenvalue weighted by Gasteiger charge is 2.33. The molecular formula is C14H21NO2. The van der Waals surface area contributed by atoms with E-state index in [2.05, 4.69) is 6.92 Å². The molecule has 0 aliphatic carbocycles. The molecule has 2 rings (SSSR count). The number of nitrogens with two attached hydrogens (primary N) is 1. The van der Waals surface area contributed by atoms with Gasteiger partial charge >= 0.3 is 0 Å². The molecule has 94 valence electrons. The zero-order valence-electron chi connectivity index (χ0n) is 10.6. The number of benzene rings is 1. The standard InChI is InChI=1S/C14H21NO2/c1-14(15,12-4-3-9-17-10-12)11-5-7-13(16-2)8-6-11/h5-8,12H,3-4,9-10,15H2,1-2H3. The van der Waals surface area contributed by atoms with Crippen LogP contribution in [0.15, 0.2) is 24.3 Å². The minimum atomic E-state index is -0.327. The van der Waals surface area contributed by atoms with Gasteiger partial charge in [0, 0.05) is 18.1 Å². The summed E-state index contributed by atoms with van der Waals surface area (Å²) in [5.41, 5.74) is 7.30. The highest BCUT2D eigenvalue weighted by molar-refractivity contribution is 5.31. The smallest absolute Gasteiger partial charge is 0.118 e. The molecule has 0 amide bonds. The topological polar surface area (TPSA) is 44.5 Å². The normalized spacial score (nSPS) is 24.1. The van der Waals surface area contributed by atoms with Crippen LogP contribution >= 0.6 is 0 Å². The Morgan fingerprint density at radius 3 is 2.59 bits per heavy atom. The van der Waals surface area contributed by atoms with E-state index in [1.54, 1.807) is 7.11 Å². The summed E-state index contributed by atoms with van der Waals surface area (Å²) >= 11 is 0. The van der Waals surface area contributed by atoms with Gasteiger partial charge in [0.2, 0.25) is 0 Å². The summed E-state index contributed by atoms with van der Waals surface area (Å²) in [4.78, 5) is 0. The fourth-order valence-corrected chi connectivity index (χ4v) is 2.40. The van der Waals surface area contributed by atoms with Gasteiger partial charge in [0.15, 0.2) is 0 Å². The van der Waals surface area contributed by atoms with E-state index in [0.717, 1.165) is 37.4 Å². The molecule has 17 heavy (non-hydrogen) atoms. The van der Waals surface area contributed by atoms with Crippen molar-refractivity contribution in [1.82, 2.24) is 0 Å². The van der Waals surface area contributed by atoms with E-state index in [0.29, 0.717) is 5.92 Å². The average Bonchev–Trinajstić information content (AvgIpc) is 2.40. The van der Waals surface area contributed by atoms with Gasteiger partial charge in [-0.1, -0.05) is 12.1 Å². The summed E-state index contributed by atoms with van der Waals surface area (Å²) in [6.07, 6.45) is 2.24. The molecule has 1 aliphatic rings. The maximum Gasteiger partial charge on any atom is 0.118 e. The van der Waals surface area contributed by atoms with Crippen molar-refractivity contribution >= 4 is 0 Å². The lowest BCUT2D eigenvalue weighted by Crippen LogP contribution is -2.44. The van der Waals surface area contributed by atoms with Gasteiger partial charge in [-0.25, -0.2) is 0 Å². The van der Waals surface area contributed by atoms with Gasteiger partial charge in [-0.15, -0.1) is 0 Å². The molecule has 1 aromatic rings. The van der Waals surface area contributed by atoms with E-state index >= 15 is 0 Å². The molecule has 2 N–H and O–H groups in total. The Bertz CT molecular complexity index is 353. The summed E-state index contributed by atoms with van der Waals surface area (Å²) in [5.74, 6) is 1.26. The van der Waals surface area contributed by atoms with Crippen LogP contribution in [-0.2, 0) is 10.3 Å². The number of hydrogen-bond acceptors (Lipinski definition) is 3. The van der Waals surface area contributed by atoms with Crippen molar-refractivity contribution in [1.29, 1.82) is 0 Å². The summed E-state index contributed by atoms with van der Waals surface area (Å²) in [6.45, 7) is 3.72. The number of rotatable bonds is 3. The molecule has 0 radical (unpaired) electrons. The first kappa shape index (κ1) is 12.4. The molecule has 3 heteroatoms. The second-order valence-corrected chi connectivity index (χ2v) is 4.93. The van der Waals surface area contributed by atoms with Crippen LogP contribution in [0, 0.1) is 5.92 Å². The summed E-state index contributed by atoms with van der Waals surface area (Å²) in [5, 5.41) is 0. The number of methoxy groups -OCH3 is 1. The average molecular weight is 235 g/mol. The second kappa shape index (κ2) is 5.07. The van der Waals surface area contributed by atoms with Crippen molar-refractivity contribution in [3.8, 4) is 5.75 Å². The monoisotopic (exact) mass is 235 g/mol. The zero-order chi connectivity index (χ0) is 12.3. The van der Waals surface area contributed by atoms with Gasteiger partial charge in [0.25, 0.3) is 0 Å². The highest BCUT2D eigenvalue weighted by Crippen LogP contribution is 2.33. The fraction of sp³-hybridized carbons (Fsp3) is 0.571. The van der Waals surface area contributed by atoms with Crippen LogP contribution in [0.25, 0.3) is 0 Å². The summed E-state index contributed by atoms with van der Waals surface area (Å²) in [6, 6.07) is 8.02. The van der Waals surface area contributed by atoms with Crippen molar-refractivity contribution in [2.75, 3.05) is 20.3 Å². The quantitative estimate of drug-likeness (QED) is 0.874. The third kappa shape index (κ3) is 2.61. The van der Waals surface area contributed by atoms with Crippen molar-refractivity contribution in [2.45, 2.75) is 25.3 Å². The lowest BCUT2D eigenvalue weighted by Gasteiger charge is -2.37. The largest absolute Gasteiger partial charge is 0.497 e. The molecule has 1 saturated heterocycles. The molecule has 3 nitrogen and oxygen atoms in total. The Hall–Kier alpha value is -1.06. The van der Waals surface area contributed by atoms with E-state index in [-0.39, 0.29) is 5.54 Å².